The standard InChI is InChI=1S/C20H22O6/c1-5-11(3)18(21)25-16-9-13-8-14(24-20(13)23)6-10(2)7-15-17(16)12(4)19(22)26-15/h5,7-8,14-17H,4,6,9H2,1-3H3/b10-7-,11-5-/t14-,15-,16+,17+/m0/s1. The molecule has 0 aromatic heterocycles. The van der Waals surface area contributed by atoms with Crippen LogP contribution in [0, 0.1) is 5.92 Å². The second kappa shape index (κ2) is 6.94. The Kier molecular flexibility index (Phi) is 4.85. The first-order valence-corrected chi connectivity index (χ1v) is 8.62. The Balaban J connectivity index is 2.00. The van der Waals surface area contributed by atoms with E-state index >= 15 is 0 Å². The highest BCUT2D eigenvalue weighted by molar-refractivity contribution is 5.93. The minimum Gasteiger partial charge on any atom is -0.458 e. The summed E-state index contributed by atoms with van der Waals surface area (Å²) in [7, 11) is 0. The Morgan fingerprint density at radius 1 is 1.23 bits per heavy atom. The summed E-state index contributed by atoms with van der Waals surface area (Å²) in [6.45, 7) is 9.10. The van der Waals surface area contributed by atoms with Crippen molar-refractivity contribution in [3.8, 4) is 0 Å². The molecule has 26 heavy (non-hydrogen) atoms. The minimum atomic E-state index is -0.749. The fourth-order valence-electron chi connectivity index (χ4n) is 3.44. The van der Waals surface area contributed by atoms with Crippen molar-refractivity contribution in [2.75, 3.05) is 0 Å². The van der Waals surface area contributed by atoms with Crippen LogP contribution in [0.4, 0.5) is 0 Å². The SMILES string of the molecule is C=C1C(=O)O[C@H]2/C=C(/C)C[C@H]3C=C(C[C@@H](OC(=O)/C(C)=C\C)[C@H]12)C(=O)O3. The molecule has 0 radical (unpaired) electrons. The van der Waals surface area contributed by atoms with E-state index in [1.54, 1.807) is 26.0 Å². The summed E-state index contributed by atoms with van der Waals surface area (Å²) in [6.07, 6.45) is 4.26. The lowest BCUT2D eigenvalue weighted by Crippen LogP contribution is -2.34. The maximum absolute atomic E-state index is 12.3. The van der Waals surface area contributed by atoms with Gasteiger partial charge in [0.2, 0.25) is 0 Å². The molecule has 0 saturated carbocycles. The number of carbonyl (C=O) groups is 3. The summed E-state index contributed by atoms with van der Waals surface area (Å²) in [5.74, 6) is -1.96. The highest BCUT2D eigenvalue weighted by atomic mass is 16.6. The Hall–Kier alpha value is -2.63. The third-order valence-corrected chi connectivity index (χ3v) is 4.98. The van der Waals surface area contributed by atoms with Crippen molar-refractivity contribution in [1.29, 1.82) is 0 Å². The van der Waals surface area contributed by atoms with E-state index < -0.39 is 36.0 Å². The Morgan fingerprint density at radius 2 is 1.96 bits per heavy atom. The van der Waals surface area contributed by atoms with Crippen LogP contribution < -0.4 is 0 Å². The zero-order valence-electron chi connectivity index (χ0n) is 15.1. The van der Waals surface area contributed by atoms with E-state index in [1.807, 2.05) is 13.0 Å². The number of rotatable bonds is 2. The van der Waals surface area contributed by atoms with Crippen LogP contribution in [-0.4, -0.2) is 36.2 Å². The molecule has 6 heteroatoms. The second-order valence-electron chi connectivity index (χ2n) is 6.89. The van der Waals surface area contributed by atoms with Gasteiger partial charge in [0, 0.05) is 29.6 Å². The van der Waals surface area contributed by atoms with E-state index in [9.17, 15) is 14.4 Å². The average Bonchev–Trinajstić information content (AvgIpc) is 3.04. The number of hydrogen-bond donors (Lipinski definition) is 0. The second-order valence-corrected chi connectivity index (χ2v) is 6.89. The molecule has 2 aliphatic heterocycles. The van der Waals surface area contributed by atoms with E-state index in [2.05, 4.69) is 6.58 Å². The zero-order valence-corrected chi connectivity index (χ0v) is 15.1. The van der Waals surface area contributed by atoms with Crippen LogP contribution in [0.15, 0.2) is 47.1 Å². The first kappa shape index (κ1) is 18.2. The van der Waals surface area contributed by atoms with Crippen molar-refractivity contribution in [2.45, 2.75) is 51.9 Å². The molecule has 0 N–H and O–H groups in total. The molecule has 1 aliphatic carbocycles. The van der Waals surface area contributed by atoms with Gasteiger partial charge in [0.15, 0.2) is 0 Å². The molecule has 2 bridgehead atoms. The molecule has 1 fully saturated rings. The molecular formula is C20H22O6. The molecule has 0 aromatic carbocycles. The average molecular weight is 358 g/mol. The van der Waals surface area contributed by atoms with Crippen molar-refractivity contribution in [3.63, 3.8) is 0 Å². The van der Waals surface area contributed by atoms with E-state index in [4.69, 9.17) is 14.2 Å². The third-order valence-electron chi connectivity index (χ3n) is 4.98. The van der Waals surface area contributed by atoms with Gasteiger partial charge in [-0.25, -0.2) is 14.4 Å². The largest absolute Gasteiger partial charge is 0.458 e. The topological polar surface area (TPSA) is 78.9 Å². The highest BCUT2D eigenvalue weighted by Gasteiger charge is 2.46. The van der Waals surface area contributed by atoms with Crippen molar-refractivity contribution < 1.29 is 28.6 Å². The first-order chi connectivity index (χ1) is 12.3. The molecule has 2 heterocycles. The van der Waals surface area contributed by atoms with Gasteiger partial charge >= 0.3 is 17.9 Å². The summed E-state index contributed by atoms with van der Waals surface area (Å²) in [6, 6.07) is 0. The monoisotopic (exact) mass is 358 g/mol. The van der Waals surface area contributed by atoms with E-state index in [-0.39, 0.29) is 18.1 Å². The molecule has 6 nitrogen and oxygen atoms in total. The van der Waals surface area contributed by atoms with Gasteiger partial charge in [-0.3, -0.25) is 0 Å². The number of fused-ring (bicyclic) bond motifs is 2. The quantitative estimate of drug-likeness (QED) is 0.327. The van der Waals surface area contributed by atoms with Crippen LogP contribution in [0.3, 0.4) is 0 Å². The van der Waals surface area contributed by atoms with Crippen LogP contribution in [0.1, 0.15) is 33.6 Å². The molecule has 3 rings (SSSR count). The van der Waals surface area contributed by atoms with Gasteiger partial charge in [-0.2, -0.15) is 0 Å². The van der Waals surface area contributed by atoms with Gasteiger partial charge in [-0.1, -0.05) is 18.2 Å². The maximum Gasteiger partial charge on any atom is 0.334 e. The van der Waals surface area contributed by atoms with Crippen LogP contribution >= 0.6 is 0 Å². The van der Waals surface area contributed by atoms with E-state index in [0.717, 1.165) is 5.57 Å². The van der Waals surface area contributed by atoms with Crippen LogP contribution in [0.25, 0.3) is 0 Å². The summed E-state index contributed by atoms with van der Waals surface area (Å²) in [5, 5.41) is 0. The lowest BCUT2D eigenvalue weighted by molar-refractivity contribution is -0.148. The summed E-state index contributed by atoms with van der Waals surface area (Å²) < 4.78 is 16.5. The number of allylic oxidation sites excluding steroid dienone is 1. The molecule has 1 saturated heterocycles. The fraction of sp³-hybridized carbons (Fsp3) is 0.450. The molecule has 0 aromatic rings. The zero-order chi connectivity index (χ0) is 19.0. The molecule has 0 spiro atoms. The van der Waals surface area contributed by atoms with Crippen molar-refractivity contribution >= 4 is 17.9 Å². The van der Waals surface area contributed by atoms with Gasteiger partial charge in [-0.15, -0.1) is 0 Å². The van der Waals surface area contributed by atoms with Crippen LogP contribution in [-0.2, 0) is 28.6 Å². The van der Waals surface area contributed by atoms with Crippen LogP contribution in [0.5, 0.6) is 0 Å². The molecule has 3 aliphatic rings. The van der Waals surface area contributed by atoms with Crippen molar-refractivity contribution in [2.24, 2.45) is 5.92 Å². The lowest BCUT2D eigenvalue weighted by Gasteiger charge is -2.26. The summed E-state index contributed by atoms with van der Waals surface area (Å²) in [4.78, 5) is 36.6. The van der Waals surface area contributed by atoms with E-state index in [0.29, 0.717) is 17.6 Å². The van der Waals surface area contributed by atoms with Gasteiger partial charge in [0.1, 0.15) is 18.3 Å². The van der Waals surface area contributed by atoms with Crippen molar-refractivity contribution in [1.82, 2.24) is 0 Å². The fourth-order valence-corrected chi connectivity index (χ4v) is 3.44. The first-order valence-electron chi connectivity index (χ1n) is 8.62. The van der Waals surface area contributed by atoms with Gasteiger partial charge < -0.3 is 14.2 Å². The molecule has 138 valence electrons. The lowest BCUT2D eigenvalue weighted by atomic mass is 9.85. The van der Waals surface area contributed by atoms with Gasteiger partial charge in [0.25, 0.3) is 0 Å². The Morgan fingerprint density at radius 3 is 2.65 bits per heavy atom. The predicted molar refractivity (Wildman–Crippen MR) is 92.8 cm³/mol. The molecule has 0 unspecified atom stereocenters. The smallest absolute Gasteiger partial charge is 0.334 e. The van der Waals surface area contributed by atoms with E-state index in [1.165, 1.54) is 0 Å². The van der Waals surface area contributed by atoms with Crippen LogP contribution in [0.2, 0.25) is 0 Å². The summed E-state index contributed by atoms with van der Waals surface area (Å²) >= 11 is 0. The number of ether oxygens (including phenoxy) is 3. The predicted octanol–water partition coefficient (Wildman–Crippen LogP) is 2.55. The highest BCUT2D eigenvalue weighted by Crippen LogP contribution is 2.38. The number of hydrogen-bond acceptors (Lipinski definition) is 6. The van der Waals surface area contributed by atoms with Gasteiger partial charge in [-0.05, 0) is 32.9 Å². The van der Waals surface area contributed by atoms with Gasteiger partial charge in [0.05, 0.1) is 5.92 Å². The maximum atomic E-state index is 12.3. The Bertz CT molecular complexity index is 769. The number of carbonyl (C=O) groups excluding carboxylic acids is 3. The third kappa shape index (κ3) is 3.36. The normalized spacial score (nSPS) is 33.5. The molecular weight excluding hydrogens is 336 g/mol. The molecule has 0 amide bonds. The summed E-state index contributed by atoms with van der Waals surface area (Å²) in [5.41, 5.74) is 2.07. The Labute approximate surface area is 152 Å². The number of esters is 3. The van der Waals surface area contributed by atoms with Crippen molar-refractivity contribution in [3.05, 3.63) is 47.1 Å². The molecule has 4 atom stereocenters. The minimum absolute atomic E-state index is 0.155.